The average Bonchev–Trinajstić information content (AvgIpc) is 4.00. The lowest BCUT2D eigenvalue weighted by molar-refractivity contribution is 0.194. The van der Waals surface area contributed by atoms with Gasteiger partial charge in [-0.25, -0.2) is 0 Å². The molecule has 0 radical (unpaired) electrons. The Kier molecular flexibility index (Phi) is 7.26. The quantitative estimate of drug-likeness (QED) is 0.160. The fourth-order valence-electron chi connectivity index (χ4n) is 15.2. The first-order chi connectivity index (χ1) is 34.0. The Morgan fingerprint density at radius 1 is 0.618 bits per heavy atom. The molecule has 0 spiro atoms. The van der Waals surface area contributed by atoms with E-state index in [1.54, 1.807) is 0 Å². The van der Waals surface area contributed by atoms with Crippen LogP contribution < -0.4 is 26.2 Å². The van der Waals surface area contributed by atoms with Crippen LogP contribution in [0.4, 0.5) is 22.7 Å². The number of hydrogen-bond acceptors (Lipinski definition) is 3. The molecule has 2 fully saturated rings. The van der Waals surface area contributed by atoms with Gasteiger partial charge in [0.1, 0.15) is 0 Å². The molecule has 4 unspecified atom stereocenters. The summed E-state index contributed by atoms with van der Waals surface area (Å²) in [6.07, 6.45) is 8.39. The molecule has 0 N–H and O–H groups in total. The molecule has 3 nitrogen and oxygen atoms in total. The predicted octanol–water partition coefficient (Wildman–Crippen LogP) is 15.2. The Balaban J connectivity index is 1.17. The molecule has 8 aromatic rings. The van der Waals surface area contributed by atoms with Gasteiger partial charge in [-0.1, -0.05) is 148 Å². The summed E-state index contributed by atoms with van der Waals surface area (Å²) in [6.45, 7) is 26.1. The summed E-state index contributed by atoms with van der Waals surface area (Å²) in [7, 11) is 0. The van der Waals surface area contributed by atoms with Gasteiger partial charge in [-0.05, 0) is 149 Å². The molecule has 6 aromatic carbocycles. The molecule has 2 saturated carbocycles. The highest BCUT2D eigenvalue weighted by Crippen LogP contribution is 2.65. The zero-order chi connectivity index (χ0) is 50.3. The highest BCUT2D eigenvalue weighted by atomic mass is 32.1. The minimum Gasteiger partial charge on any atom is -0.335 e. The lowest BCUT2D eigenvalue weighted by Gasteiger charge is -2.53. The van der Waals surface area contributed by atoms with Crippen LogP contribution in [-0.2, 0) is 21.7 Å². The van der Waals surface area contributed by atoms with E-state index in [-0.39, 0.29) is 52.7 Å². The van der Waals surface area contributed by atoms with Crippen LogP contribution in [0.5, 0.6) is 0 Å². The number of aromatic nitrogens is 1. The van der Waals surface area contributed by atoms with Crippen LogP contribution in [0, 0.1) is 6.92 Å². The van der Waals surface area contributed by atoms with Gasteiger partial charge in [0, 0.05) is 54.7 Å². The fourth-order valence-corrected chi connectivity index (χ4v) is 16.5. The number of benzene rings is 6. The number of para-hydroxylation sites is 1. The van der Waals surface area contributed by atoms with Gasteiger partial charge in [0.2, 0.25) is 0 Å². The van der Waals surface area contributed by atoms with Crippen LogP contribution >= 0.6 is 11.3 Å². The van der Waals surface area contributed by atoms with E-state index in [4.69, 9.17) is 1.37 Å². The molecule has 6 heterocycles. The molecule has 0 saturated heterocycles. The van der Waals surface area contributed by atoms with Crippen LogP contribution in [0.3, 0.4) is 0 Å². The third kappa shape index (κ3) is 4.93. The van der Waals surface area contributed by atoms with Crippen molar-refractivity contribution >= 4 is 88.4 Å². The first kappa shape index (κ1) is 37.6. The number of anilines is 4. The van der Waals surface area contributed by atoms with Crippen molar-refractivity contribution in [2.75, 3.05) is 9.80 Å². The summed E-state index contributed by atoms with van der Waals surface area (Å²) < 4.78 is 42.9. The summed E-state index contributed by atoms with van der Waals surface area (Å²) >= 11 is 1.92. The van der Waals surface area contributed by atoms with Crippen LogP contribution in [0.1, 0.15) is 154 Å². The van der Waals surface area contributed by atoms with Gasteiger partial charge in [0.15, 0.2) is 0 Å². The Hall–Kier alpha value is -5.26. The van der Waals surface area contributed by atoms with Crippen LogP contribution in [0.2, 0.25) is 0 Å². The number of rotatable bonds is 2. The third-order valence-electron chi connectivity index (χ3n) is 19.4. The molecule has 342 valence electrons. The summed E-state index contributed by atoms with van der Waals surface area (Å²) in [4.78, 5) is 5.28. The predicted molar refractivity (Wildman–Crippen MR) is 294 cm³/mol. The van der Waals surface area contributed by atoms with Gasteiger partial charge in [0.05, 0.1) is 32.3 Å². The number of hydrogen-bond donors (Lipinski definition) is 0. The van der Waals surface area contributed by atoms with Gasteiger partial charge in [-0.15, -0.1) is 11.3 Å². The van der Waals surface area contributed by atoms with Gasteiger partial charge in [0.25, 0.3) is 6.71 Å². The molecule has 14 rings (SSSR count). The zero-order valence-corrected chi connectivity index (χ0v) is 42.8. The maximum atomic E-state index is 9.82. The van der Waals surface area contributed by atoms with Gasteiger partial charge >= 0.3 is 0 Å². The van der Waals surface area contributed by atoms with E-state index in [1.807, 2.05) is 11.3 Å². The Bertz CT molecular complexity index is 3800. The molecule has 4 atom stereocenters. The molecule has 0 bridgehead atoms. The van der Waals surface area contributed by atoms with Crippen molar-refractivity contribution in [1.29, 1.82) is 0 Å². The molecular weight excluding hydrogens is 842 g/mol. The Labute approximate surface area is 414 Å². The number of thiophene rings is 1. The van der Waals surface area contributed by atoms with Crippen molar-refractivity contribution in [2.24, 2.45) is 0 Å². The standard InChI is InChI=1S/C63H66BN3S/c1-37-30-39(58(2,3)4)24-25-42(37)38-31-46-56-47(32-38)64-48-34-40(59(5,6)7)33-44-54(48)65(55-43-20-12-15-23-52(43)68-57(44)55)50-35-41(36-51(53(50)64)67(56)63(11)29-19-17-27-61(46,63)9)66-49-22-14-13-21-45(49)60(8)26-16-18-28-62(60,66)10/h12-15,20-25,30-36H,16-19,26-29H2,1-11H3/i13D,14D,21D,22D. The van der Waals surface area contributed by atoms with E-state index in [0.717, 1.165) is 49.8 Å². The Morgan fingerprint density at radius 3 is 2.03 bits per heavy atom. The van der Waals surface area contributed by atoms with Crippen molar-refractivity contribution in [3.05, 3.63) is 131 Å². The fraction of sp³-hybridized carbons (Fsp3) is 0.397. The first-order valence-electron chi connectivity index (χ1n) is 27.7. The van der Waals surface area contributed by atoms with Gasteiger partial charge < -0.3 is 14.4 Å². The minimum atomic E-state index is -0.494. The smallest absolute Gasteiger partial charge is 0.252 e. The second-order valence-electron chi connectivity index (χ2n) is 24.9. The van der Waals surface area contributed by atoms with E-state index in [0.29, 0.717) is 5.69 Å². The highest BCUT2D eigenvalue weighted by molar-refractivity contribution is 7.26. The van der Waals surface area contributed by atoms with E-state index < -0.39 is 11.0 Å². The van der Waals surface area contributed by atoms with Crippen LogP contribution in [0.15, 0.2) is 103 Å². The molecule has 5 heteroatoms. The normalized spacial score (nSPS) is 26.4. The topological polar surface area (TPSA) is 11.4 Å². The number of nitrogens with zero attached hydrogens (tertiary/aromatic N) is 3. The molecule has 0 amide bonds. The summed E-state index contributed by atoms with van der Waals surface area (Å²) in [6, 6.07) is 31.4. The minimum absolute atomic E-state index is 0.0492. The lowest BCUT2D eigenvalue weighted by atomic mass is 9.33. The molecule has 2 aromatic heterocycles. The number of fused-ring (bicyclic) bond motifs is 15. The monoisotopic (exact) mass is 912 g/mol. The zero-order valence-electron chi connectivity index (χ0n) is 46.0. The summed E-state index contributed by atoms with van der Waals surface area (Å²) in [5.74, 6) is 0. The summed E-state index contributed by atoms with van der Waals surface area (Å²) in [5, 5.41) is 2.58. The van der Waals surface area contributed by atoms with Crippen LogP contribution in [0.25, 0.3) is 48.0 Å². The summed E-state index contributed by atoms with van der Waals surface area (Å²) in [5.41, 5.74) is 19.7. The van der Waals surface area contributed by atoms with Crippen molar-refractivity contribution in [2.45, 2.75) is 160 Å². The molecule has 6 aliphatic rings. The second-order valence-corrected chi connectivity index (χ2v) is 26.0. The molecule has 4 aliphatic heterocycles. The van der Waals surface area contributed by atoms with Crippen molar-refractivity contribution in [1.82, 2.24) is 4.57 Å². The maximum absolute atomic E-state index is 9.82. The Morgan fingerprint density at radius 2 is 1.29 bits per heavy atom. The van der Waals surface area contributed by atoms with E-state index in [2.05, 4.69) is 169 Å². The third-order valence-corrected chi connectivity index (χ3v) is 20.6. The van der Waals surface area contributed by atoms with Crippen molar-refractivity contribution in [3.63, 3.8) is 0 Å². The average molecular weight is 912 g/mol. The molecule has 2 aliphatic carbocycles. The SMILES string of the molecule is [2H]c1c([2H])c([2H])c2c(c1[2H])N(c1cc3c4c(c1)-n1c5c(cc(C(C)(C)C)cc5c5sc6ccccc6c51)B4c1cc(-c4ccc(C(C)(C)C)cc4C)cc4c1N3C1(C)CCCCC41C)C1(C)CCCCC21C. The number of aryl methyl sites for hydroxylation is 1. The van der Waals surface area contributed by atoms with Crippen molar-refractivity contribution in [3.8, 4) is 16.8 Å². The van der Waals surface area contributed by atoms with E-state index >= 15 is 0 Å². The van der Waals surface area contributed by atoms with Gasteiger partial charge in [-0.3, -0.25) is 0 Å². The van der Waals surface area contributed by atoms with E-state index in [9.17, 15) is 4.11 Å². The second kappa shape index (κ2) is 13.1. The largest absolute Gasteiger partial charge is 0.335 e. The molecule has 68 heavy (non-hydrogen) atoms. The lowest BCUT2D eigenvalue weighted by Crippen LogP contribution is -2.64. The molecular formula is C63H66BN3S. The first-order valence-corrected chi connectivity index (χ1v) is 26.5. The van der Waals surface area contributed by atoms with Crippen molar-refractivity contribution < 1.29 is 5.48 Å². The van der Waals surface area contributed by atoms with E-state index in [1.165, 1.54) is 111 Å². The van der Waals surface area contributed by atoms with Crippen LogP contribution in [-0.4, -0.2) is 22.4 Å². The van der Waals surface area contributed by atoms with Gasteiger partial charge in [-0.2, -0.15) is 0 Å². The highest BCUT2D eigenvalue weighted by Gasteiger charge is 2.62. The maximum Gasteiger partial charge on any atom is 0.252 e.